The predicted molar refractivity (Wildman–Crippen MR) is 113 cm³/mol. The van der Waals surface area contributed by atoms with Crippen LogP contribution >= 0.6 is 22.9 Å². The molecule has 7 heteroatoms. The Bertz CT molecular complexity index is 975. The van der Waals surface area contributed by atoms with E-state index in [4.69, 9.17) is 16.6 Å². The van der Waals surface area contributed by atoms with Crippen molar-refractivity contribution in [3.63, 3.8) is 0 Å². The Morgan fingerprint density at radius 2 is 1.78 bits per heavy atom. The highest BCUT2D eigenvalue weighted by Crippen LogP contribution is 2.31. The SMILES string of the molecule is Cc1cc(C)cc(NC(=O)N2CCN(c3nc4ccc(Cl)cc4s3)CC2)c1. The second kappa shape index (κ2) is 7.37. The Balaban J connectivity index is 1.39. The van der Waals surface area contributed by atoms with Crippen molar-refractivity contribution >= 4 is 50.0 Å². The van der Waals surface area contributed by atoms with E-state index in [1.807, 2.05) is 49.1 Å². The van der Waals surface area contributed by atoms with Crippen LogP contribution in [0.4, 0.5) is 15.6 Å². The number of anilines is 2. The third-order valence-electron chi connectivity index (χ3n) is 4.65. The summed E-state index contributed by atoms with van der Waals surface area (Å²) in [5.41, 5.74) is 4.11. The topological polar surface area (TPSA) is 48.5 Å². The summed E-state index contributed by atoms with van der Waals surface area (Å²) in [6.45, 7) is 6.96. The van der Waals surface area contributed by atoms with Crippen LogP contribution in [0.3, 0.4) is 0 Å². The van der Waals surface area contributed by atoms with Gasteiger partial charge in [0.15, 0.2) is 5.13 Å². The Labute approximate surface area is 167 Å². The van der Waals surface area contributed by atoms with Crippen LogP contribution in [0.2, 0.25) is 5.02 Å². The van der Waals surface area contributed by atoms with Crippen LogP contribution in [0.15, 0.2) is 36.4 Å². The number of nitrogens with zero attached hydrogens (tertiary/aromatic N) is 3. The van der Waals surface area contributed by atoms with Gasteiger partial charge in [0.05, 0.1) is 10.2 Å². The highest BCUT2D eigenvalue weighted by molar-refractivity contribution is 7.22. The summed E-state index contributed by atoms with van der Waals surface area (Å²) in [6.07, 6.45) is 0. The van der Waals surface area contributed by atoms with Gasteiger partial charge in [0.2, 0.25) is 0 Å². The molecule has 3 aromatic rings. The fourth-order valence-corrected chi connectivity index (χ4v) is 4.67. The lowest BCUT2D eigenvalue weighted by molar-refractivity contribution is 0.208. The lowest BCUT2D eigenvalue weighted by atomic mass is 10.1. The summed E-state index contributed by atoms with van der Waals surface area (Å²) in [5.74, 6) is 0. The molecule has 2 heterocycles. The van der Waals surface area contributed by atoms with Crippen molar-refractivity contribution in [2.24, 2.45) is 0 Å². The molecule has 5 nitrogen and oxygen atoms in total. The van der Waals surface area contributed by atoms with Gasteiger partial charge in [-0.3, -0.25) is 0 Å². The Kier molecular flexibility index (Phi) is 4.93. The molecule has 1 aliphatic rings. The first-order valence-electron chi connectivity index (χ1n) is 8.93. The number of aromatic nitrogens is 1. The minimum Gasteiger partial charge on any atom is -0.345 e. The minimum atomic E-state index is -0.0456. The molecule has 0 radical (unpaired) electrons. The Hall–Kier alpha value is -2.31. The average molecular weight is 401 g/mol. The number of rotatable bonds is 2. The van der Waals surface area contributed by atoms with Gasteiger partial charge in [-0.15, -0.1) is 0 Å². The molecule has 2 aromatic carbocycles. The summed E-state index contributed by atoms with van der Waals surface area (Å²) in [6, 6.07) is 11.8. The fourth-order valence-electron chi connectivity index (χ4n) is 3.37. The van der Waals surface area contributed by atoms with Gasteiger partial charge in [0.25, 0.3) is 0 Å². The van der Waals surface area contributed by atoms with Gasteiger partial charge in [-0.05, 0) is 55.3 Å². The molecule has 1 fully saturated rings. The number of fused-ring (bicyclic) bond motifs is 1. The lowest BCUT2D eigenvalue weighted by Gasteiger charge is -2.34. The van der Waals surface area contributed by atoms with E-state index >= 15 is 0 Å². The van der Waals surface area contributed by atoms with Gasteiger partial charge < -0.3 is 15.1 Å². The number of carbonyl (C=O) groups is 1. The van der Waals surface area contributed by atoms with Crippen LogP contribution in [-0.2, 0) is 0 Å². The average Bonchev–Trinajstić information content (AvgIpc) is 3.04. The molecule has 1 saturated heterocycles. The van der Waals surface area contributed by atoms with Crippen molar-refractivity contribution in [2.45, 2.75) is 13.8 Å². The molecule has 0 unspecified atom stereocenters. The van der Waals surface area contributed by atoms with E-state index in [2.05, 4.69) is 16.3 Å². The van der Waals surface area contributed by atoms with Crippen LogP contribution in [0.5, 0.6) is 0 Å². The van der Waals surface area contributed by atoms with Crippen molar-refractivity contribution in [1.82, 2.24) is 9.88 Å². The van der Waals surface area contributed by atoms with Crippen LogP contribution in [0, 0.1) is 13.8 Å². The zero-order valence-electron chi connectivity index (χ0n) is 15.3. The largest absolute Gasteiger partial charge is 0.345 e. The molecular weight excluding hydrogens is 380 g/mol. The number of nitrogens with one attached hydrogen (secondary N) is 1. The Morgan fingerprint density at radius 1 is 1.07 bits per heavy atom. The van der Waals surface area contributed by atoms with E-state index in [-0.39, 0.29) is 6.03 Å². The van der Waals surface area contributed by atoms with Crippen LogP contribution in [-0.4, -0.2) is 42.1 Å². The second-order valence-electron chi connectivity index (χ2n) is 6.89. The van der Waals surface area contributed by atoms with E-state index in [1.165, 1.54) is 0 Å². The molecule has 0 atom stereocenters. The number of benzene rings is 2. The molecule has 27 heavy (non-hydrogen) atoms. The zero-order valence-corrected chi connectivity index (χ0v) is 16.9. The van der Waals surface area contributed by atoms with Crippen molar-refractivity contribution in [3.05, 3.63) is 52.5 Å². The molecule has 0 saturated carbocycles. The monoisotopic (exact) mass is 400 g/mol. The zero-order chi connectivity index (χ0) is 19.0. The number of urea groups is 1. The van der Waals surface area contributed by atoms with E-state index < -0.39 is 0 Å². The number of halogens is 1. The summed E-state index contributed by atoms with van der Waals surface area (Å²) in [7, 11) is 0. The van der Waals surface area contributed by atoms with E-state index in [1.54, 1.807) is 11.3 Å². The maximum Gasteiger partial charge on any atom is 0.321 e. The van der Waals surface area contributed by atoms with Gasteiger partial charge in [-0.25, -0.2) is 9.78 Å². The molecule has 140 valence electrons. The number of amides is 2. The van der Waals surface area contributed by atoms with Gasteiger partial charge in [-0.2, -0.15) is 0 Å². The molecule has 1 aromatic heterocycles. The van der Waals surface area contributed by atoms with Crippen molar-refractivity contribution < 1.29 is 4.79 Å². The molecule has 0 bridgehead atoms. The number of hydrogen-bond donors (Lipinski definition) is 1. The van der Waals surface area contributed by atoms with Crippen molar-refractivity contribution in [1.29, 1.82) is 0 Å². The number of carbonyl (C=O) groups excluding carboxylic acids is 1. The second-order valence-corrected chi connectivity index (χ2v) is 8.33. The molecular formula is C20H21ClN4OS. The first-order chi connectivity index (χ1) is 13.0. The Morgan fingerprint density at radius 3 is 2.48 bits per heavy atom. The third-order valence-corrected chi connectivity index (χ3v) is 5.96. The molecule has 4 rings (SSSR count). The molecule has 1 aliphatic heterocycles. The van der Waals surface area contributed by atoms with Gasteiger partial charge in [0, 0.05) is 36.9 Å². The fraction of sp³-hybridized carbons (Fsp3) is 0.300. The van der Waals surface area contributed by atoms with E-state index in [9.17, 15) is 4.79 Å². The molecule has 2 amide bonds. The highest BCUT2D eigenvalue weighted by Gasteiger charge is 2.23. The molecule has 0 aliphatic carbocycles. The summed E-state index contributed by atoms with van der Waals surface area (Å²) in [4.78, 5) is 21.4. The quantitative estimate of drug-likeness (QED) is 0.664. The highest BCUT2D eigenvalue weighted by atomic mass is 35.5. The summed E-state index contributed by atoms with van der Waals surface area (Å²) >= 11 is 7.71. The predicted octanol–water partition coefficient (Wildman–Crippen LogP) is 4.92. The van der Waals surface area contributed by atoms with Crippen LogP contribution < -0.4 is 10.2 Å². The van der Waals surface area contributed by atoms with Crippen LogP contribution in [0.25, 0.3) is 10.2 Å². The van der Waals surface area contributed by atoms with Gasteiger partial charge >= 0.3 is 6.03 Å². The van der Waals surface area contributed by atoms with Crippen LogP contribution in [0.1, 0.15) is 11.1 Å². The number of thiazole rings is 1. The molecule has 0 spiro atoms. The minimum absolute atomic E-state index is 0.0456. The van der Waals surface area contributed by atoms with Gasteiger partial charge in [-0.1, -0.05) is 29.0 Å². The van der Waals surface area contributed by atoms with E-state index in [0.29, 0.717) is 13.1 Å². The third kappa shape index (κ3) is 4.01. The van der Waals surface area contributed by atoms with Crippen molar-refractivity contribution in [3.8, 4) is 0 Å². The number of hydrogen-bond acceptors (Lipinski definition) is 4. The number of piperazine rings is 1. The maximum absolute atomic E-state index is 12.6. The van der Waals surface area contributed by atoms with Gasteiger partial charge in [0.1, 0.15) is 0 Å². The maximum atomic E-state index is 12.6. The standard InChI is InChI=1S/C20H21ClN4OS/c1-13-9-14(2)11-16(10-13)22-19(26)24-5-7-25(8-6-24)20-23-17-4-3-15(21)12-18(17)27-20/h3-4,9-12H,5-8H2,1-2H3,(H,22,26). The first kappa shape index (κ1) is 18.1. The summed E-state index contributed by atoms with van der Waals surface area (Å²) < 4.78 is 1.09. The molecule has 1 N–H and O–H groups in total. The summed E-state index contributed by atoms with van der Waals surface area (Å²) in [5, 5.41) is 4.73. The van der Waals surface area contributed by atoms with E-state index in [0.717, 1.165) is 50.3 Å². The first-order valence-corrected chi connectivity index (χ1v) is 10.1. The smallest absolute Gasteiger partial charge is 0.321 e. The van der Waals surface area contributed by atoms with Crippen molar-refractivity contribution in [2.75, 3.05) is 36.4 Å². The normalized spacial score (nSPS) is 14.6. The number of aryl methyl sites for hydroxylation is 2. The lowest BCUT2D eigenvalue weighted by Crippen LogP contribution is -2.50.